The Kier molecular flexibility index (Phi) is 4.96. The Morgan fingerprint density at radius 3 is 2.76 bits per heavy atom. The molecule has 2 amide bonds. The van der Waals surface area contributed by atoms with Crippen LogP contribution >= 0.6 is 0 Å². The first kappa shape index (κ1) is 15.1. The third-order valence-electron chi connectivity index (χ3n) is 3.45. The van der Waals surface area contributed by atoms with Crippen LogP contribution in [0.3, 0.4) is 0 Å². The predicted molar refractivity (Wildman–Crippen MR) is 80.5 cm³/mol. The van der Waals surface area contributed by atoms with Crippen molar-refractivity contribution in [3.05, 3.63) is 35.4 Å². The van der Waals surface area contributed by atoms with Crippen molar-refractivity contribution in [3.63, 3.8) is 0 Å². The second-order valence-electron chi connectivity index (χ2n) is 4.80. The highest BCUT2D eigenvalue weighted by atomic mass is 16.2. The van der Waals surface area contributed by atoms with Gasteiger partial charge in [0.15, 0.2) is 0 Å². The van der Waals surface area contributed by atoms with Gasteiger partial charge in [-0.2, -0.15) is 0 Å². The largest absolute Gasteiger partial charge is 0.353 e. The van der Waals surface area contributed by atoms with Gasteiger partial charge in [0.1, 0.15) is 6.04 Å². The number of hydrogen-bond acceptors (Lipinski definition) is 3. The number of rotatable bonds is 2. The average Bonchev–Trinajstić information content (AvgIpc) is 2.52. The molecule has 0 bridgehead atoms. The molecule has 1 aromatic carbocycles. The number of benzene rings is 1. The zero-order valence-corrected chi connectivity index (χ0v) is 12.1. The molecule has 1 heterocycles. The Hall–Kier alpha value is -2.32. The topological polar surface area (TPSA) is 75.4 Å². The molecule has 0 aliphatic carbocycles. The van der Waals surface area contributed by atoms with Crippen molar-refractivity contribution < 1.29 is 9.59 Å². The molecule has 1 aliphatic heterocycles. The lowest BCUT2D eigenvalue weighted by Crippen LogP contribution is -2.56. The molecule has 1 unspecified atom stereocenters. The first-order chi connectivity index (χ1) is 10.2. The molecule has 1 aromatic rings. The number of nitrogens with two attached hydrogens (primary N) is 1. The van der Waals surface area contributed by atoms with Gasteiger partial charge in [-0.15, -0.1) is 0 Å². The van der Waals surface area contributed by atoms with Gasteiger partial charge in [-0.05, 0) is 30.7 Å². The van der Waals surface area contributed by atoms with E-state index < -0.39 is 0 Å². The zero-order chi connectivity index (χ0) is 15.2. The Bertz CT molecular complexity index is 584. The maximum atomic E-state index is 12.5. The Morgan fingerprint density at radius 1 is 1.43 bits per heavy atom. The van der Waals surface area contributed by atoms with Gasteiger partial charge in [0.2, 0.25) is 5.91 Å². The molecule has 0 spiro atoms. The Morgan fingerprint density at radius 2 is 2.14 bits per heavy atom. The van der Waals surface area contributed by atoms with Gasteiger partial charge in [-0.1, -0.05) is 18.8 Å². The monoisotopic (exact) mass is 285 g/mol. The standard InChI is InChI=1S/C16H19N3O2/c1-2-14-15(20)18-10-11-19(14)16(21)13-7-5-12(6-8-13)4-3-9-17/h5-8,14H,2,9-11,17H2,1H3,(H,18,20). The second-order valence-corrected chi connectivity index (χ2v) is 4.80. The molecule has 1 saturated heterocycles. The van der Waals surface area contributed by atoms with Crippen molar-refractivity contribution in [1.29, 1.82) is 0 Å². The van der Waals surface area contributed by atoms with Crippen LogP contribution in [0.25, 0.3) is 0 Å². The molecule has 0 aromatic heterocycles. The van der Waals surface area contributed by atoms with Crippen molar-refractivity contribution in [2.75, 3.05) is 19.6 Å². The first-order valence-corrected chi connectivity index (χ1v) is 7.05. The van der Waals surface area contributed by atoms with Gasteiger partial charge in [-0.3, -0.25) is 9.59 Å². The summed E-state index contributed by atoms with van der Waals surface area (Å²) in [6, 6.07) is 6.68. The second kappa shape index (κ2) is 6.91. The molecule has 5 heteroatoms. The molecule has 110 valence electrons. The van der Waals surface area contributed by atoms with E-state index in [-0.39, 0.29) is 17.9 Å². The average molecular weight is 285 g/mol. The third kappa shape index (κ3) is 3.41. The minimum atomic E-state index is -0.386. The highest BCUT2D eigenvalue weighted by molar-refractivity contribution is 5.98. The van der Waals surface area contributed by atoms with E-state index in [2.05, 4.69) is 17.2 Å². The Balaban J connectivity index is 2.17. The van der Waals surface area contributed by atoms with E-state index in [0.717, 1.165) is 5.56 Å². The van der Waals surface area contributed by atoms with Crippen LogP contribution < -0.4 is 11.1 Å². The minimum absolute atomic E-state index is 0.0810. The van der Waals surface area contributed by atoms with Gasteiger partial charge in [-0.25, -0.2) is 0 Å². The summed E-state index contributed by atoms with van der Waals surface area (Å²) in [5.74, 6) is 5.48. The predicted octanol–water partition coefficient (Wildman–Crippen LogP) is 0.347. The number of piperazine rings is 1. The van der Waals surface area contributed by atoms with Gasteiger partial charge in [0.05, 0.1) is 6.54 Å². The van der Waals surface area contributed by atoms with E-state index >= 15 is 0 Å². The van der Waals surface area contributed by atoms with Crippen molar-refractivity contribution in [1.82, 2.24) is 10.2 Å². The summed E-state index contributed by atoms with van der Waals surface area (Å²) < 4.78 is 0. The van der Waals surface area contributed by atoms with Crippen LogP contribution in [0.4, 0.5) is 0 Å². The summed E-state index contributed by atoms with van der Waals surface area (Å²) in [6.45, 7) is 3.25. The van der Waals surface area contributed by atoms with Gasteiger partial charge in [0, 0.05) is 24.2 Å². The van der Waals surface area contributed by atoms with Crippen molar-refractivity contribution >= 4 is 11.8 Å². The number of nitrogens with zero attached hydrogens (tertiary/aromatic N) is 1. The zero-order valence-electron chi connectivity index (χ0n) is 12.1. The fraction of sp³-hybridized carbons (Fsp3) is 0.375. The van der Waals surface area contributed by atoms with Crippen LogP contribution in [0.2, 0.25) is 0 Å². The molecule has 1 atom stereocenters. The summed E-state index contributed by atoms with van der Waals surface area (Å²) in [5.41, 5.74) is 6.71. The van der Waals surface area contributed by atoms with E-state index in [9.17, 15) is 9.59 Å². The molecule has 21 heavy (non-hydrogen) atoms. The number of carbonyl (C=O) groups excluding carboxylic acids is 2. The maximum absolute atomic E-state index is 12.5. The van der Waals surface area contributed by atoms with E-state index in [4.69, 9.17) is 5.73 Å². The smallest absolute Gasteiger partial charge is 0.254 e. The fourth-order valence-corrected chi connectivity index (χ4v) is 2.38. The molecule has 3 N–H and O–H groups in total. The maximum Gasteiger partial charge on any atom is 0.254 e. The van der Waals surface area contributed by atoms with Gasteiger partial charge >= 0.3 is 0 Å². The summed E-state index contributed by atoms with van der Waals surface area (Å²) >= 11 is 0. The molecular weight excluding hydrogens is 266 g/mol. The molecule has 0 radical (unpaired) electrons. The van der Waals surface area contributed by atoms with Crippen LogP contribution in [-0.2, 0) is 4.79 Å². The summed E-state index contributed by atoms with van der Waals surface area (Å²) in [5, 5.41) is 2.79. The molecule has 0 saturated carbocycles. The Labute approximate surface area is 124 Å². The molecular formula is C16H19N3O2. The van der Waals surface area contributed by atoms with Gasteiger partial charge < -0.3 is 16.0 Å². The number of amides is 2. The molecule has 2 rings (SSSR count). The third-order valence-corrected chi connectivity index (χ3v) is 3.45. The quantitative estimate of drug-likeness (QED) is 0.770. The van der Waals surface area contributed by atoms with Crippen molar-refractivity contribution in [3.8, 4) is 11.8 Å². The lowest BCUT2D eigenvalue weighted by molar-refractivity contribution is -0.127. The first-order valence-electron chi connectivity index (χ1n) is 7.05. The van der Waals surface area contributed by atoms with Crippen LogP contribution in [0.15, 0.2) is 24.3 Å². The van der Waals surface area contributed by atoms with E-state index in [0.29, 0.717) is 31.6 Å². The van der Waals surface area contributed by atoms with Crippen LogP contribution in [0, 0.1) is 11.8 Å². The highest BCUT2D eigenvalue weighted by Gasteiger charge is 2.31. The van der Waals surface area contributed by atoms with Crippen LogP contribution in [-0.4, -0.2) is 42.4 Å². The normalized spacial score (nSPS) is 17.7. The lowest BCUT2D eigenvalue weighted by atomic mass is 10.1. The SMILES string of the molecule is CCC1C(=O)NCCN1C(=O)c1ccc(C#CCN)cc1. The van der Waals surface area contributed by atoms with Crippen LogP contribution in [0.1, 0.15) is 29.3 Å². The number of hydrogen-bond donors (Lipinski definition) is 2. The number of carbonyl (C=O) groups is 2. The highest BCUT2D eigenvalue weighted by Crippen LogP contribution is 2.14. The van der Waals surface area contributed by atoms with Crippen LogP contribution in [0.5, 0.6) is 0 Å². The summed E-state index contributed by atoms with van der Waals surface area (Å²) in [4.78, 5) is 26.0. The van der Waals surface area contributed by atoms with Crippen molar-refractivity contribution in [2.45, 2.75) is 19.4 Å². The summed E-state index contributed by atoms with van der Waals surface area (Å²) in [7, 11) is 0. The lowest BCUT2D eigenvalue weighted by Gasteiger charge is -2.34. The molecule has 1 fully saturated rings. The minimum Gasteiger partial charge on any atom is -0.353 e. The number of nitrogens with one attached hydrogen (secondary N) is 1. The van der Waals surface area contributed by atoms with E-state index in [1.54, 1.807) is 29.2 Å². The molecule has 1 aliphatic rings. The fourth-order valence-electron chi connectivity index (χ4n) is 2.38. The van der Waals surface area contributed by atoms with Gasteiger partial charge in [0.25, 0.3) is 5.91 Å². The van der Waals surface area contributed by atoms with E-state index in [1.165, 1.54) is 0 Å². The van der Waals surface area contributed by atoms with E-state index in [1.807, 2.05) is 6.92 Å². The summed E-state index contributed by atoms with van der Waals surface area (Å²) in [6.07, 6.45) is 0.609. The van der Waals surface area contributed by atoms with Crippen molar-refractivity contribution in [2.24, 2.45) is 5.73 Å². The molecule has 5 nitrogen and oxygen atoms in total.